The van der Waals surface area contributed by atoms with Gasteiger partial charge < -0.3 is 15.5 Å². The lowest BCUT2D eigenvalue weighted by Gasteiger charge is -2.38. The van der Waals surface area contributed by atoms with Gasteiger partial charge in [-0.2, -0.15) is 0 Å². The van der Waals surface area contributed by atoms with Crippen LogP contribution in [0.25, 0.3) is 0 Å². The van der Waals surface area contributed by atoms with Crippen molar-refractivity contribution in [3.8, 4) is 0 Å². The number of halogens is 1. The van der Waals surface area contributed by atoms with Crippen LogP contribution in [0.1, 0.15) is 70.9 Å². The van der Waals surface area contributed by atoms with Crippen LogP contribution >= 0.6 is 11.6 Å². The Morgan fingerprint density at radius 2 is 1.97 bits per heavy atom. The van der Waals surface area contributed by atoms with E-state index >= 15 is 0 Å². The first-order valence-electron chi connectivity index (χ1n) is 11.6. The van der Waals surface area contributed by atoms with Crippen molar-refractivity contribution in [2.24, 2.45) is 21.1 Å². The number of hydrogen-bond donors (Lipinski definition) is 1. The van der Waals surface area contributed by atoms with Gasteiger partial charge in [0.25, 0.3) is 0 Å². The molecular formula is C25H38ClN5. The van der Waals surface area contributed by atoms with Crippen molar-refractivity contribution in [3.63, 3.8) is 0 Å². The van der Waals surface area contributed by atoms with Gasteiger partial charge in [-0.25, -0.2) is 4.99 Å². The lowest BCUT2D eigenvalue weighted by Crippen LogP contribution is -2.37. The summed E-state index contributed by atoms with van der Waals surface area (Å²) in [6.07, 6.45) is 8.99. The van der Waals surface area contributed by atoms with Crippen LogP contribution in [0.2, 0.25) is 5.02 Å². The number of benzene rings is 1. The largest absolute Gasteiger partial charge is 0.371 e. The Morgan fingerprint density at radius 3 is 2.61 bits per heavy atom. The first-order valence-corrected chi connectivity index (χ1v) is 11.9. The molecule has 0 spiro atoms. The Hall–Kier alpha value is -1.85. The van der Waals surface area contributed by atoms with Crippen molar-refractivity contribution < 1.29 is 0 Å². The number of hydrogen-bond acceptors (Lipinski definition) is 5. The summed E-state index contributed by atoms with van der Waals surface area (Å²) in [5, 5.41) is 0.843. The van der Waals surface area contributed by atoms with E-state index in [4.69, 9.17) is 17.3 Å². The van der Waals surface area contributed by atoms with Crippen LogP contribution in [-0.2, 0) is 0 Å². The van der Waals surface area contributed by atoms with Crippen LogP contribution in [0.5, 0.6) is 0 Å². The fourth-order valence-electron chi connectivity index (χ4n) is 4.65. The summed E-state index contributed by atoms with van der Waals surface area (Å²) in [7, 11) is 0. The zero-order valence-corrected chi connectivity index (χ0v) is 20.2. The van der Waals surface area contributed by atoms with E-state index in [0.29, 0.717) is 5.41 Å². The van der Waals surface area contributed by atoms with Gasteiger partial charge >= 0.3 is 0 Å². The molecule has 2 heterocycles. The Kier molecular flexibility index (Phi) is 8.17. The first-order chi connectivity index (χ1) is 14.8. The van der Waals surface area contributed by atoms with Crippen LogP contribution in [0.3, 0.4) is 0 Å². The van der Waals surface area contributed by atoms with Gasteiger partial charge in [0.1, 0.15) is 5.82 Å². The molecule has 1 atom stereocenters. The molecule has 170 valence electrons. The molecule has 0 bridgehead atoms. The predicted octanol–water partition coefficient (Wildman–Crippen LogP) is 5.80. The van der Waals surface area contributed by atoms with E-state index in [1.165, 1.54) is 36.9 Å². The molecule has 2 aliphatic rings. The van der Waals surface area contributed by atoms with E-state index in [-0.39, 0.29) is 12.7 Å². The quantitative estimate of drug-likeness (QED) is 0.565. The molecule has 0 unspecified atom stereocenters. The van der Waals surface area contributed by atoms with Gasteiger partial charge in [0.2, 0.25) is 0 Å². The average Bonchev–Trinajstić information content (AvgIpc) is 2.98. The van der Waals surface area contributed by atoms with Crippen molar-refractivity contribution in [3.05, 3.63) is 40.7 Å². The minimum atomic E-state index is 0.187. The lowest BCUT2D eigenvalue weighted by molar-refractivity contribution is 0.258. The van der Waals surface area contributed by atoms with Crippen molar-refractivity contribution in [1.29, 1.82) is 0 Å². The number of nitrogens with two attached hydrogens (primary N) is 1. The topological polar surface area (TPSA) is 57.2 Å². The molecule has 6 heteroatoms. The highest BCUT2D eigenvalue weighted by Crippen LogP contribution is 2.39. The second-order valence-corrected chi connectivity index (χ2v) is 9.97. The van der Waals surface area contributed by atoms with E-state index in [2.05, 4.69) is 58.5 Å². The van der Waals surface area contributed by atoms with Gasteiger partial charge in [-0.1, -0.05) is 44.4 Å². The Bertz CT molecular complexity index is 819. The number of likely N-dealkylation sites (tertiary alicyclic amines) is 1. The highest BCUT2D eigenvalue weighted by molar-refractivity contribution is 6.31. The molecule has 3 rings (SSSR count). The SMILES string of the molecule is C=N/C(=C\C(C)=N/CN)N1CCCCC[C@@H]1c1ccc(N2CCC(C)(C)CC2)cc1Cl. The number of nitrogens with zero attached hydrogens (tertiary/aromatic N) is 4. The summed E-state index contributed by atoms with van der Waals surface area (Å²) < 4.78 is 0. The minimum absolute atomic E-state index is 0.187. The molecule has 5 nitrogen and oxygen atoms in total. The van der Waals surface area contributed by atoms with Gasteiger partial charge in [0.15, 0.2) is 0 Å². The molecule has 2 N–H and O–H groups in total. The Labute approximate surface area is 193 Å². The van der Waals surface area contributed by atoms with Crippen molar-refractivity contribution in [1.82, 2.24) is 4.90 Å². The molecule has 1 aromatic rings. The smallest absolute Gasteiger partial charge is 0.130 e. The second-order valence-electron chi connectivity index (χ2n) is 9.56. The van der Waals surface area contributed by atoms with Crippen LogP contribution in [0, 0.1) is 5.41 Å². The third-order valence-corrected chi connectivity index (χ3v) is 7.04. The number of allylic oxidation sites excluding steroid dienone is 1. The molecule has 2 aliphatic heterocycles. The summed E-state index contributed by atoms with van der Waals surface area (Å²) in [6, 6.07) is 6.81. The molecular weight excluding hydrogens is 406 g/mol. The van der Waals surface area contributed by atoms with Crippen molar-refractivity contribution in [2.45, 2.75) is 65.3 Å². The lowest BCUT2D eigenvalue weighted by atomic mass is 9.82. The van der Waals surface area contributed by atoms with Crippen LogP contribution < -0.4 is 10.6 Å². The maximum Gasteiger partial charge on any atom is 0.130 e. The van der Waals surface area contributed by atoms with Gasteiger partial charge in [0.05, 0.1) is 12.7 Å². The fraction of sp³-hybridized carbons (Fsp3) is 0.600. The van der Waals surface area contributed by atoms with E-state index < -0.39 is 0 Å². The predicted molar refractivity (Wildman–Crippen MR) is 134 cm³/mol. The first kappa shape index (κ1) is 23.8. The van der Waals surface area contributed by atoms with Crippen molar-refractivity contribution >= 4 is 29.7 Å². The third kappa shape index (κ3) is 6.11. The number of anilines is 1. The van der Waals surface area contributed by atoms with Gasteiger partial charge in [0, 0.05) is 42.1 Å². The molecule has 0 aromatic heterocycles. The van der Waals surface area contributed by atoms with Crippen molar-refractivity contribution in [2.75, 3.05) is 31.2 Å². The zero-order valence-electron chi connectivity index (χ0n) is 19.4. The van der Waals surface area contributed by atoms with Gasteiger partial charge in [-0.3, -0.25) is 4.99 Å². The zero-order chi connectivity index (χ0) is 22.4. The molecule has 0 aliphatic carbocycles. The molecule has 31 heavy (non-hydrogen) atoms. The van der Waals surface area contributed by atoms with Crippen LogP contribution in [0.15, 0.2) is 40.1 Å². The average molecular weight is 444 g/mol. The minimum Gasteiger partial charge on any atom is -0.371 e. The normalized spacial score (nSPS) is 22.9. The summed E-state index contributed by atoms with van der Waals surface area (Å²) in [5.74, 6) is 0.847. The molecule has 2 saturated heterocycles. The van der Waals surface area contributed by atoms with E-state index in [1.807, 2.05) is 13.0 Å². The summed E-state index contributed by atoms with van der Waals surface area (Å²) >= 11 is 6.90. The Morgan fingerprint density at radius 1 is 1.23 bits per heavy atom. The number of aliphatic imine (C=N–C) groups is 2. The molecule has 0 saturated carbocycles. The van der Waals surface area contributed by atoms with Crippen LogP contribution in [-0.4, -0.2) is 43.6 Å². The maximum atomic E-state index is 6.90. The summed E-state index contributed by atoms with van der Waals surface area (Å²) in [6.45, 7) is 13.9. The summed E-state index contributed by atoms with van der Waals surface area (Å²) in [5.41, 5.74) is 9.28. The third-order valence-electron chi connectivity index (χ3n) is 6.71. The van der Waals surface area contributed by atoms with E-state index in [0.717, 1.165) is 49.0 Å². The van der Waals surface area contributed by atoms with E-state index in [1.54, 1.807) is 0 Å². The van der Waals surface area contributed by atoms with Crippen LogP contribution in [0.4, 0.5) is 5.69 Å². The monoisotopic (exact) mass is 443 g/mol. The fourth-order valence-corrected chi connectivity index (χ4v) is 4.96. The number of piperidine rings is 1. The maximum absolute atomic E-state index is 6.90. The van der Waals surface area contributed by atoms with Gasteiger partial charge in [-0.05, 0) is 62.4 Å². The second kappa shape index (κ2) is 10.6. The number of rotatable bonds is 6. The van der Waals surface area contributed by atoms with Gasteiger partial charge in [-0.15, -0.1) is 0 Å². The summed E-state index contributed by atoms with van der Waals surface area (Å²) in [4.78, 5) is 13.5. The molecule has 0 radical (unpaired) electrons. The Balaban J connectivity index is 1.87. The molecule has 0 amide bonds. The van der Waals surface area contributed by atoms with E-state index in [9.17, 15) is 0 Å². The molecule has 2 fully saturated rings. The molecule has 1 aromatic carbocycles. The standard InChI is InChI=1S/C25H38ClN5/c1-19(29-18-27)16-24(28-4)31-13-7-5-6-8-23(31)21-10-9-20(17-22(21)26)30-14-11-25(2,3)12-15-30/h9-10,16-17,23H,4-8,11-15,18,27H2,1-3H3/b24-16+,29-19-/t23-/m1/s1. The highest BCUT2D eigenvalue weighted by atomic mass is 35.5. The highest BCUT2D eigenvalue weighted by Gasteiger charge is 2.28.